The summed E-state index contributed by atoms with van der Waals surface area (Å²) in [6.45, 7) is 0. The van der Waals surface area contributed by atoms with E-state index >= 15 is 0 Å². The third kappa shape index (κ3) is 4.92. The highest BCUT2D eigenvalue weighted by Gasteiger charge is 2.05. The van der Waals surface area contributed by atoms with Crippen LogP contribution in [0.25, 0.3) is 6.08 Å². The molecule has 120 valence electrons. The van der Waals surface area contributed by atoms with E-state index in [-0.39, 0.29) is 5.91 Å². The monoisotopic (exact) mass is 418 g/mol. The van der Waals surface area contributed by atoms with E-state index in [0.29, 0.717) is 10.3 Å². The first-order valence-corrected chi connectivity index (χ1v) is 9.29. The van der Waals surface area contributed by atoms with E-state index < -0.39 is 0 Å². The molecule has 0 fully saturated rings. The topological polar surface area (TPSA) is 67.2 Å². The maximum atomic E-state index is 11.9. The highest BCUT2D eigenvalue weighted by atomic mass is 79.9. The van der Waals surface area contributed by atoms with Crippen LogP contribution in [-0.2, 0) is 4.79 Å². The Morgan fingerprint density at radius 2 is 1.96 bits per heavy atom. The number of aromatic nitrogens is 2. The van der Waals surface area contributed by atoms with Crippen molar-refractivity contribution in [3.8, 4) is 0 Å². The molecule has 8 heteroatoms. The van der Waals surface area contributed by atoms with Gasteiger partial charge in [-0.05, 0) is 39.7 Å². The maximum absolute atomic E-state index is 11.9. The van der Waals surface area contributed by atoms with Crippen molar-refractivity contribution in [3.63, 3.8) is 0 Å². The number of thiophene rings is 1. The van der Waals surface area contributed by atoms with Gasteiger partial charge in [0.15, 0.2) is 0 Å². The van der Waals surface area contributed by atoms with Crippen molar-refractivity contribution >= 4 is 67.1 Å². The number of benzene rings is 1. The second-order valence-electron chi connectivity index (χ2n) is 4.52. The summed E-state index contributed by atoms with van der Waals surface area (Å²) in [7, 11) is 0. The maximum Gasteiger partial charge on any atom is 0.250 e. The molecule has 0 unspecified atom stereocenters. The average Bonchev–Trinajstić information content (AvgIpc) is 3.21. The predicted octanol–water partition coefficient (Wildman–Crippen LogP) is 4.76. The molecular formula is C16H11BrN4OS2. The first kappa shape index (κ1) is 16.7. The van der Waals surface area contributed by atoms with E-state index in [9.17, 15) is 4.79 Å². The van der Waals surface area contributed by atoms with Gasteiger partial charge in [-0.3, -0.25) is 10.1 Å². The Kier molecular flexibility index (Phi) is 5.63. The van der Waals surface area contributed by atoms with Crippen molar-refractivity contribution in [3.05, 3.63) is 62.8 Å². The number of rotatable bonds is 5. The molecule has 2 aromatic heterocycles. The highest BCUT2D eigenvalue weighted by molar-refractivity contribution is 9.11. The lowest BCUT2D eigenvalue weighted by atomic mass is 10.2. The zero-order valence-electron chi connectivity index (χ0n) is 12.2. The third-order valence-electron chi connectivity index (χ3n) is 2.77. The summed E-state index contributed by atoms with van der Waals surface area (Å²) >= 11 is 6.19. The lowest BCUT2D eigenvalue weighted by Gasteiger charge is -1.94. The Morgan fingerprint density at radius 1 is 1.12 bits per heavy atom. The van der Waals surface area contributed by atoms with Crippen LogP contribution in [0.15, 0.2) is 57.3 Å². The van der Waals surface area contributed by atoms with Gasteiger partial charge in [-0.2, -0.15) is 0 Å². The van der Waals surface area contributed by atoms with Gasteiger partial charge < -0.3 is 0 Å². The van der Waals surface area contributed by atoms with E-state index in [1.54, 1.807) is 23.6 Å². The van der Waals surface area contributed by atoms with Crippen LogP contribution in [0.2, 0.25) is 0 Å². The number of nitrogens with zero attached hydrogens (tertiary/aromatic N) is 3. The van der Waals surface area contributed by atoms with Crippen LogP contribution in [0.4, 0.5) is 10.3 Å². The number of anilines is 1. The molecule has 2 heterocycles. The fourth-order valence-electron chi connectivity index (χ4n) is 1.72. The highest BCUT2D eigenvalue weighted by Crippen LogP contribution is 2.24. The first-order valence-electron chi connectivity index (χ1n) is 6.86. The molecule has 5 nitrogen and oxygen atoms in total. The van der Waals surface area contributed by atoms with Gasteiger partial charge in [0.05, 0.1) is 3.79 Å². The molecule has 1 aromatic carbocycles. The van der Waals surface area contributed by atoms with Gasteiger partial charge in [0.1, 0.15) is 0 Å². The largest absolute Gasteiger partial charge is 0.297 e. The molecule has 0 aliphatic heterocycles. The number of amides is 1. The van der Waals surface area contributed by atoms with Gasteiger partial charge in [-0.15, -0.1) is 21.5 Å². The van der Waals surface area contributed by atoms with Gasteiger partial charge in [0, 0.05) is 17.2 Å². The predicted molar refractivity (Wildman–Crippen MR) is 103 cm³/mol. The number of carbonyl (C=O) groups excluding carboxylic acids is 1. The molecule has 0 aliphatic rings. The summed E-state index contributed by atoms with van der Waals surface area (Å²) in [6, 6.07) is 13.5. The number of hydrogen-bond donors (Lipinski definition) is 1. The molecule has 0 aliphatic carbocycles. The molecule has 3 rings (SSSR count). The van der Waals surface area contributed by atoms with E-state index in [1.807, 2.05) is 42.5 Å². The number of halogens is 1. The molecule has 3 aromatic rings. The molecule has 0 spiro atoms. The van der Waals surface area contributed by atoms with Gasteiger partial charge in [0.2, 0.25) is 16.2 Å². The van der Waals surface area contributed by atoms with Crippen LogP contribution in [-0.4, -0.2) is 22.3 Å². The molecule has 0 saturated carbocycles. The minimum Gasteiger partial charge on any atom is -0.297 e. The van der Waals surface area contributed by atoms with Crippen molar-refractivity contribution in [2.24, 2.45) is 4.99 Å². The van der Waals surface area contributed by atoms with Gasteiger partial charge in [0.25, 0.3) is 0 Å². The molecular weight excluding hydrogens is 408 g/mol. The second-order valence-corrected chi connectivity index (χ2v) is 7.97. The summed E-state index contributed by atoms with van der Waals surface area (Å²) in [5.41, 5.74) is 0.956. The van der Waals surface area contributed by atoms with Crippen LogP contribution < -0.4 is 5.32 Å². The van der Waals surface area contributed by atoms with Crippen LogP contribution in [0.1, 0.15) is 10.4 Å². The molecule has 24 heavy (non-hydrogen) atoms. The summed E-state index contributed by atoms with van der Waals surface area (Å²) in [4.78, 5) is 17.1. The van der Waals surface area contributed by atoms with Crippen LogP contribution >= 0.6 is 38.6 Å². The van der Waals surface area contributed by atoms with Crippen molar-refractivity contribution in [2.75, 3.05) is 5.32 Å². The fourth-order valence-corrected chi connectivity index (χ4v) is 3.61. The standard InChI is InChI=1S/C16H11BrN4OS2/c17-13-8-7-12(23-13)10-18-15-20-21-16(24-15)19-14(22)9-6-11-4-2-1-3-5-11/h1-10H,(H,19,21,22). The Bertz CT molecular complexity index is 886. The third-order valence-corrected chi connectivity index (χ3v) is 5.07. The molecule has 1 N–H and O–H groups in total. The van der Waals surface area contributed by atoms with Crippen molar-refractivity contribution in [2.45, 2.75) is 0 Å². The van der Waals surface area contributed by atoms with Crippen molar-refractivity contribution in [1.29, 1.82) is 0 Å². The summed E-state index contributed by atoms with van der Waals surface area (Å²) in [5, 5.41) is 11.4. The summed E-state index contributed by atoms with van der Waals surface area (Å²) < 4.78 is 1.04. The van der Waals surface area contributed by atoms with E-state index in [2.05, 4.69) is 36.4 Å². The summed E-state index contributed by atoms with van der Waals surface area (Å²) in [6.07, 6.45) is 4.92. The average molecular weight is 419 g/mol. The smallest absolute Gasteiger partial charge is 0.250 e. The van der Waals surface area contributed by atoms with E-state index in [1.165, 1.54) is 17.4 Å². The lowest BCUT2D eigenvalue weighted by Crippen LogP contribution is -2.07. The molecule has 0 atom stereocenters. The summed E-state index contributed by atoms with van der Waals surface area (Å²) in [5.74, 6) is -0.257. The van der Waals surface area contributed by atoms with Crippen molar-refractivity contribution < 1.29 is 4.79 Å². The lowest BCUT2D eigenvalue weighted by molar-refractivity contribution is -0.111. The minimum atomic E-state index is -0.257. The Labute approximate surface area is 154 Å². The number of carbonyl (C=O) groups is 1. The SMILES string of the molecule is O=C(C=Cc1ccccc1)Nc1nnc(N=Cc2ccc(Br)s2)s1. The molecule has 0 radical (unpaired) electrons. The number of nitrogens with one attached hydrogen (secondary N) is 1. The number of aliphatic imine (C=N–C) groups is 1. The second kappa shape index (κ2) is 8.09. The zero-order chi connectivity index (χ0) is 16.8. The molecule has 0 bridgehead atoms. The van der Waals surface area contributed by atoms with Crippen LogP contribution in [0.3, 0.4) is 0 Å². The molecule has 0 saturated heterocycles. The van der Waals surface area contributed by atoms with Gasteiger partial charge >= 0.3 is 0 Å². The van der Waals surface area contributed by atoms with E-state index in [4.69, 9.17) is 0 Å². The van der Waals surface area contributed by atoms with Gasteiger partial charge in [-0.25, -0.2) is 4.99 Å². The van der Waals surface area contributed by atoms with Gasteiger partial charge in [-0.1, -0.05) is 41.7 Å². The normalized spacial score (nSPS) is 11.4. The quantitative estimate of drug-likeness (QED) is 0.479. The van der Waals surface area contributed by atoms with Crippen LogP contribution in [0.5, 0.6) is 0 Å². The Balaban J connectivity index is 1.58. The van der Waals surface area contributed by atoms with Crippen LogP contribution in [0, 0.1) is 0 Å². The first-order chi connectivity index (χ1) is 11.7. The van der Waals surface area contributed by atoms with Crippen molar-refractivity contribution in [1.82, 2.24) is 10.2 Å². The number of hydrogen-bond acceptors (Lipinski definition) is 6. The Morgan fingerprint density at radius 3 is 2.71 bits per heavy atom. The molecule has 1 amide bonds. The van der Waals surface area contributed by atoms with E-state index in [0.717, 1.165) is 14.2 Å². The zero-order valence-corrected chi connectivity index (χ0v) is 15.4. The Hall–Kier alpha value is -2.16. The fraction of sp³-hybridized carbons (Fsp3) is 0. The minimum absolute atomic E-state index is 0.257.